The maximum atomic E-state index is 13.8. The van der Waals surface area contributed by atoms with Crippen molar-refractivity contribution in [2.45, 2.75) is 26.6 Å². The van der Waals surface area contributed by atoms with Crippen LogP contribution in [0.4, 0.5) is 13.2 Å². The van der Waals surface area contributed by atoms with Crippen molar-refractivity contribution in [3.8, 4) is 10.6 Å². The van der Waals surface area contributed by atoms with Crippen molar-refractivity contribution in [2.75, 3.05) is 0 Å². The van der Waals surface area contributed by atoms with Gasteiger partial charge in [-0.2, -0.15) is 18.3 Å². The summed E-state index contributed by atoms with van der Waals surface area (Å²) in [6.07, 6.45) is -4.50. The molecule has 28 heavy (non-hydrogen) atoms. The molecule has 0 spiro atoms. The van der Waals surface area contributed by atoms with E-state index in [1.807, 2.05) is 19.1 Å². The largest absolute Gasteiger partial charge is 0.417 e. The fourth-order valence-corrected chi connectivity index (χ4v) is 4.24. The smallest absolute Gasteiger partial charge is 0.243 e. The minimum atomic E-state index is -4.50. The molecule has 0 atom stereocenters. The normalized spacial score (nSPS) is 12.1. The predicted octanol–water partition coefficient (Wildman–Crippen LogP) is 6.50. The molecule has 0 aliphatic rings. The second kappa shape index (κ2) is 6.90. The lowest BCUT2D eigenvalue weighted by Crippen LogP contribution is -2.08. The number of aryl methyl sites for hydroxylation is 2. The fraction of sp³-hybridized carbons (Fsp3) is 0.200. The number of benzene rings is 1. The van der Waals surface area contributed by atoms with E-state index < -0.39 is 11.7 Å². The number of halogens is 4. The molecule has 0 saturated carbocycles. The SMILES string of the molecule is Cc1ccc(-c2cc(C(F)(F)F)c3c(C)nn(Cc4cccc(Cl)c4)c3n2)s1. The molecule has 0 aliphatic carbocycles. The Morgan fingerprint density at radius 2 is 1.89 bits per heavy atom. The number of pyridine rings is 1. The molecule has 0 N–H and O–H groups in total. The predicted molar refractivity (Wildman–Crippen MR) is 106 cm³/mol. The van der Waals surface area contributed by atoms with E-state index in [0.29, 0.717) is 21.3 Å². The van der Waals surface area contributed by atoms with Gasteiger partial charge >= 0.3 is 6.18 Å². The van der Waals surface area contributed by atoms with Crippen LogP contribution in [0.5, 0.6) is 0 Å². The minimum absolute atomic E-state index is 0.0338. The van der Waals surface area contributed by atoms with E-state index in [9.17, 15) is 13.2 Å². The number of nitrogens with zero attached hydrogens (tertiary/aromatic N) is 3. The highest BCUT2D eigenvalue weighted by atomic mass is 35.5. The topological polar surface area (TPSA) is 30.7 Å². The lowest BCUT2D eigenvalue weighted by molar-refractivity contribution is -0.136. The summed E-state index contributed by atoms with van der Waals surface area (Å²) in [4.78, 5) is 6.25. The molecule has 3 aromatic heterocycles. The Bertz CT molecular complexity index is 1180. The van der Waals surface area contributed by atoms with Gasteiger partial charge in [0.2, 0.25) is 0 Å². The van der Waals surface area contributed by atoms with Crippen molar-refractivity contribution in [1.29, 1.82) is 0 Å². The Balaban J connectivity index is 1.94. The standard InChI is InChI=1S/C20H15ClF3N3S/c1-11-6-7-17(28-11)16-9-15(20(22,23)24)18-12(2)26-27(19(18)25-16)10-13-4-3-5-14(21)8-13/h3-9H,10H2,1-2H3. The number of fused-ring (bicyclic) bond motifs is 1. The molecule has 8 heteroatoms. The quantitative estimate of drug-likeness (QED) is 0.378. The van der Waals surface area contributed by atoms with Gasteiger partial charge in [-0.05, 0) is 49.7 Å². The number of hydrogen-bond acceptors (Lipinski definition) is 3. The second-order valence-corrected chi connectivity index (χ2v) is 8.26. The van der Waals surface area contributed by atoms with Crippen LogP contribution in [0.1, 0.15) is 21.7 Å². The molecule has 4 rings (SSSR count). The van der Waals surface area contributed by atoms with Crippen LogP contribution in [-0.4, -0.2) is 14.8 Å². The van der Waals surface area contributed by atoms with Crippen LogP contribution < -0.4 is 0 Å². The molecule has 0 aliphatic heterocycles. The highest BCUT2D eigenvalue weighted by Crippen LogP contribution is 2.39. The van der Waals surface area contributed by atoms with Gasteiger partial charge in [0.25, 0.3) is 0 Å². The van der Waals surface area contributed by atoms with Crippen LogP contribution in [0, 0.1) is 13.8 Å². The van der Waals surface area contributed by atoms with Gasteiger partial charge in [0, 0.05) is 9.90 Å². The average Bonchev–Trinajstić information content (AvgIpc) is 3.18. The monoisotopic (exact) mass is 421 g/mol. The van der Waals surface area contributed by atoms with Crippen molar-refractivity contribution in [3.05, 3.63) is 69.2 Å². The van der Waals surface area contributed by atoms with E-state index in [1.165, 1.54) is 16.0 Å². The van der Waals surface area contributed by atoms with Crippen molar-refractivity contribution >= 4 is 34.0 Å². The van der Waals surface area contributed by atoms with E-state index in [4.69, 9.17) is 11.6 Å². The summed E-state index contributed by atoms with van der Waals surface area (Å²) in [5.74, 6) is 0. The number of rotatable bonds is 3. The van der Waals surface area contributed by atoms with Crippen LogP contribution >= 0.6 is 22.9 Å². The first kappa shape index (κ1) is 19.0. The Kier molecular flexibility index (Phi) is 4.67. The van der Waals surface area contributed by atoms with Gasteiger partial charge in [-0.1, -0.05) is 23.7 Å². The highest BCUT2D eigenvalue weighted by molar-refractivity contribution is 7.15. The third kappa shape index (κ3) is 3.52. The summed E-state index contributed by atoms with van der Waals surface area (Å²) in [6.45, 7) is 3.76. The summed E-state index contributed by atoms with van der Waals surface area (Å²) < 4.78 is 42.9. The first-order valence-corrected chi connectivity index (χ1v) is 9.68. The van der Waals surface area contributed by atoms with Crippen LogP contribution in [0.2, 0.25) is 5.02 Å². The van der Waals surface area contributed by atoms with E-state index in [0.717, 1.165) is 16.5 Å². The molecule has 0 saturated heterocycles. The second-order valence-electron chi connectivity index (χ2n) is 6.53. The van der Waals surface area contributed by atoms with E-state index >= 15 is 0 Å². The van der Waals surface area contributed by atoms with Crippen LogP contribution in [0.15, 0.2) is 42.5 Å². The zero-order valence-corrected chi connectivity index (χ0v) is 16.6. The van der Waals surface area contributed by atoms with Gasteiger partial charge in [0.1, 0.15) is 0 Å². The third-order valence-electron chi connectivity index (χ3n) is 4.40. The summed E-state index contributed by atoms with van der Waals surface area (Å²) >= 11 is 7.44. The van der Waals surface area contributed by atoms with Crippen LogP contribution in [-0.2, 0) is 12.7 Å². The molecular formula is C20H15ClF3N3S. The van der Waals surface area contributed by atoms with Crippen molar-refractivity contribution < 1.29 is 13.2 Å². The zero-order chi connectivity index (χ0) is 20.1. The van der Waals surface area contributed by atoms with Gasteiger partial charge in [-0.25, -0.2) is 9.67 Å². The molecule has 1 aromatic carbocycles. The van der Waals surface area contributed by atoms with Gasteiger partial charge < -0.3 is 0 Å². The van der Waals surface area contributed by atoms with Gasteiger partial charge in [0.05, 0.1) is 33.8 Å². The Hall–Kier alpha value is -2.38. The number of aromatic nitrogens is 3. The zero-order valence-electron chi connectivity index (χ0n) is 15.0. The third-order valence-corrected chi connectivity index (χ3v) is 5.66. The molecule has 3 heterocycles. The van der Waals surface area contributed by atoms with Crippen molar-refractivity contribution in [1.82, 2.24) is 14.8 Å². The molecule has 0 amide bonds. The van der Waals surface area contributed by atoms with Gasteiger partial charge in [-0.15, -0.1) is 11.3 Å². The lowest BCUT2D eigenvalue weighted by atomic mass is 10.1. The van der Waals surface area contributed by atoms with Gasteiger partial charge in [-0.3, -0.25) is 0 Å². The average molecular weight is 422 g/mol. The van der Waals surface area contributed by atoms with Gasteiger partial charge in [0.15, 0.2) is 5.65 Å². The van der Waals surface area contributed by atoms with Crippen molar-refractivity contribution in [3.63, 3.8) is 0 Å². The number of alkyl halides is 3. The molecule has 144 valence electrons. The van der Waals surface area contributed by atoms with Crippen LogP contribution in [0.3, 0.4) is 0 Å². The molecule has 0 bridgehead atoms. The van der Waals surface area contributed by atoms with E-state index in [1.54, 1.807) is 31.2 Å². The Morgan fingerprint density at radius 1 is 1.11 bits per heavy atom. The summed E-state index contributed by atoms with van der Waals surface area (Å²) in [6, 6.07) is 11.9. The molecule has 4 aromatic rings. The number of thiophene rings is 1. The maximum Gasteiger partial charge on any atom is 0.417 e. The molecule has 0 fully saturated rings. The summed E-state index contributed by atoms with van der Waals surface area (Å²) in [5.41, 5.74) is 0.933. The first-order valence-electron chi connectivity index (χ1n) is 8.49. The molecule has 0 unspecified atom stereocenters. The summed E-state index contributed by atoms with van der Waals surface area (Å²) in [5, 5.41) is 4.94. The summed E-state index contributed by atoms with van der Waals surface area (Å²) in [7, 11) is 0. The highest BCUT2D eigenvalue weighted by Gasteiger charge is 2.35. The molecular weight excluding hydrogens is 407 g/mol. The fourth-order valence-electron chi connectivity index (χ4n) is 3.19. The minimum Gasteiger partial charge on any atom is -0.243 e. The molecule has 0 radical (unpaired) electrons. The molecule has 3 nitrogen and oxygen atoms in total. The Labute approximate surface area is 168 Å². The maximum absolute atomic E-state index is 13.8. The Morgan fingerprint density at radius 3 is 2.54 bits per heavy atom. The van der Waals surface area contributed by atoms with E-state index in [2.05, 4.69) is 10.1 Å². The first-order chi connectivity index (χ1) is 13.2. The number of hydrogen-bond donors (Lipinski definition) is 0. The van der Waals surface area contributed by atoms with E-state index in [-0.39, 0.29) is 17.6 Å². The lowest BCUT2D eigenvalue weighted by Gasteiger charge is -2.11. The van der Waals surface area contributed by atoms with Crippen molar-refractivity contribution in [2.24, 2.45) is 0 Å². The van der Waals surface area contributed by atoms with Crippen LogP contribution in [0.25, 0.3) is 21.6 Å².